The summed E-state index contributed by atoms with van der Waals surface area (Å²) in [6, 6.07) is 7.58. The number of halogens is 1. The van der Waals surface area contributed by atoms with Crippen LogP contribution >= 0.6 is 22.6 Å². The standard InChI is InChI=1S/C12H13IN2O2/c13-9-3-1-4-10(7-9)14-11(16)8-15-6-2-5-12(15)17/h1,3-4,7H,2,5-6,8H2,(H,14,16). The number of anilines is 1. The third-order valence-electron chi connectivity index (χ3n) is 2.61. The highest BCUT2D eigenvalue weighted by molar-refractivity contribution is 14.1. The van der Waals surface area contributed by atoms with Gasteiger partial charge in [0, 0.05) is 22.2 Å². The molecule has 0 aromatic heterocycles. The number of hydrogen-bond acceptors (Lipinski definition) is 2. The third kappa shape index (κ3) is 3.42. The Bertz CT molecular complexity index is 448. The molecule has 1 aliphatic rings. The van der Waals surface area contributed by atoms with Gasteiger partial charge < -0.3 is 10.2 Å². The number of rotatable bonds is 3. The number of hydrogen-bond donors (Lipinski definition) is 1. The van der Waals surface area contributed by atoms with E-state index in [0.717, 1.165) is 15.7 Å². The highest BCUT2D eigenvalue weighted by atomic mass is 127. The van der Waals surface area contributed by atoms with Crippen LogP contribution in [0.1, 0.15) is 12.8 Å². The van der Waals surface area contributed by atoms with Gasteiger partial charge in [-0.25, -0.2) is 0 Å². The van der Waals surface area contributed by atoms with E-state index in [1.165, 1.54) is 0 Å². The van der Waals surface area contributed by atoms with Gasteiger partial charge >= 0.3 is 0 Å². The average molecular weight is 344 g/mol. The van der Waals surface area contributed by atoms with Crippen molar-refractivity contribution in [3.05, 3.63) is 27.8 Å². The molecule has 0 radical (unpaired) electrons. The lowest BCUT2D eigenvalue weighted by atomic mass is 10.3. The van der Waals surface area contributed by atoms with Crippen LogP contribution in [0.5, 0.6) is 0 Å². The summed E-state index contributed by atoms with van der Waals surface area (Å²) in [5, 5.41) is 2.79. The summed E-state index contributed by atoms with van der Waals surface area (Å²) in [5.74, 6) is -0.0648. The zero-order chi connectivity index (χ0) is 12.3. The fourth-order valence-electron chi connectivity index (χ4n) is 1.81. The van der Waals surface area contributed by atoms with Crippen molar-refractivity contribution in [2.45, 2.75) is 12.8 Å². The first-order chi connectivity index (χ1) is 8.15. The van der Waals surface area contributed by atoms with Crippen molar-refractivity contribution in [2.24, 2.45) is 0 Å². The van der Waals surface area contributed by atoms with Crippen LogP contribution in [-0.2, 0) is 9.59 Å². The molecule has 1 aromatic carbocycles. The largest absolute Gasteiger partial charge is 0.333 e. The molecule has 1 aromatic rings. The van der Waals surface area contributed by atoms with Crippen molar-refractivity contribution in [3.8, 4) is 0 Å². The van der Waals surface area contributed by atoms with E-state index in [4.69, 9.17) is 0 Å². The Labute approximate surface area is 114 Å². The fourth-order valence-corrected chi connectivity index (χ4v) is 2.35. The van der Waals surface area contributed by atoms with Crippen LogP contribution in [0.15, 0.2) is 24.3 Å². The average Bonchev–Trinajstić information content (AvgIpc) is 2.64. The number of likely N-dealkylation sites (tertiary alicyclic amines) is 1. The molecular formula is C12H13IN2O2. The van der Waals surface area contributed by atoms with Crippen molar-refractivity contribution in [3.63, 3.8) is 0 Å². The minimum atomic E-state index is -0.137. The summed E-state index contributed by atoms with van der Waals surface area (Å²) < 4.78 is 1.07. The zero-order valence-electron chi connectivity index (χ0n) is 9.28. The highest BCUT2D eigenvalue weighted by Crippen LogP contribution is 2.13. The zero-order valence-corrected chi connectivity index (χ0v) is 11.4. The van der Waals surface area contributed by atoms with Crippen molar-refractivity contribution in [2.75, 3.05) is 18.4 Å². The molecule has 1 saturated heterocycles. The van der Waals surface area contributed by atoms with Crippen LogP contribution < -0.4 is 5.32 Å². The molecule has 2 amide bonds. The Morgan fingerprint density at radius 2 is 2.29 bits per heavy atom. The van der Waals surface area contributed by atoms with Crippen molar-refractivity contribution in [1.82, 2.24) is 4.90 Å². The molecule has 17 heavy (non-hydrogen) atoms. The predicted octanol–water partition coefficient (Wildman–Crippen LogP) is 1.85. The summed E-state index contributed by atoms with van der Waals surface area (Å²) in [6.07, 6.45) is 1.42. The normalized spacial score (nSPS) is 15.1. The maximum atomic E-state index is 11.7. The van der Waals surface area contributed by atoms with Gasteiger partial charge in [-0.15, -0.1) is 0 Å². The van der Waals surface area contributed by atoms with Gasteiger partial charge in [0.1, 0.15) is 0 Å². The van der Waals surface area contributed by atoms with Gasteiger partial charge in [-0.05, 0) is 47.2 Å². The topological polar surface area (TPSA) is 49.4 Å². The van der Waals surface area contributed by atoms with Gasteiger partial charge in [-0.3, -0.25) is 9.59 Å². The van der Waals surface area contributed by atoms with Crippen LogP contribution in [0.2, 0.25) is 0 Å². The molecule has 0 atom stereocenters. The van der Waals surface area contributed by atoms with Crippen LogP contribution in [0.25, 0.3) is 0 Å². The molecule has 0 spiro atoms. The summed E-state index contributed by atoms with van der Waals surface area (Å²) in [7, 11) is 0. The lowest BCUT2D eigenvalue weighted by Crippen LogP contribution is -2.33. The van der Waals surface area contributed by atoms with Crippen LogP contribution in [-0.4, -0.2) is 29.8 Å². The van der Waals surface area contributed by atoms with Crippen molar-refractivity contribution >= 4 is 40.1 Å². The number of amides is 2. The number of carbonyl (C=O) groups is 2. The van der Waals surface area contributed by atoms with E-state index < -0.39 is 0 Å². The second-order valence-electron chi connectivity index (χ2n) is 3.98. The monoisotopic (exact) mass is 344 g/mol. The Morgan fingerprint density at radius 1 is 1.47 bits per heavy atom. The molecule has 2 rings (SSSR count). The van der Waals surface area contributed by atoms with E-state index in [0.29, 0.717) is 13.0 Å². The molecule has 1 fully saturated rings. The number of carbonyl (C=O) groups excluding carboxylic acids is 2. The number of nitrogens with one attached hydrogen (secondary N) is 1. The minimum absolute atomic E-state index is 0.0720. The molecule has 0 saturated carbocycles. The van der Waals surface area contributed by atoms with Crippen molar-refractivity contribution in [1.29, 1.82) is 0 Å². The minimum Gasteiger partial charge on any atom is -0.333 e. The van der Waals surface area contributed by atoms with Gasteiger partial charge in [-0.2, -0.15) is 0 Å². The van der Waals surface area contributed by atoms with Crippen LogP contribution in [0, 0.1) is 3.57 Å². The number of nitrogens with zero attached hydrogens (tertiary/aromatic N) is 1. The molecule has 4 nitrogen and oxygen atoms in total. The molecule has 1 aliphatic heterocycles. The second kappa shape index (κ2) is 5.48. The Balaban J connectivity index is 1.91. The molecule has 1 N–H and O–H groups in total. The van der Waals surface area contributed by atoms with E-state index >= 15 is 0 Å². The van der Waals surface area contributed by atoms with Crippen LogP contribution in [0.4, 0.5) is 5.69 Å². The molecular weight excluding hydrogens is 331 g/mol. The van der Waals surface area contributed by atoms with E-state index in [1.807, 2.05) is 24.3 Å². The molecule has 90 valence electrons. The third-order valence-corrected chi connectivity index (χ3v) is 3.29. The Hall–Kier alpha value is -1.11. The smallest absolute Gasteiger partial charge is 0.243 e. The highest BCUT2D eigenvalue weighted by Gasteiger charge is 2.22. The van der Waals surface area contributed by atoms with Gasteiger partial charge in [-0.1, -0.05) is 6.07 Å². The molecule has 0 aliphatic carbocycles. The summed E-state index contributed by atoms with van der Waals surface area (Å²) >= 11 is 2.19. The number of benzene rings is 1. The van der Waals surface area contributed by atoms with E-state index in [9.17, 15) is 9.59 Å². The summed E-state index contributed by atoms with van der Waals surface area (Å²) in [4.78, 5) is 24.7. The fraction of sp³-hybridized carbons (Fsp3) is 0.333. The first-order valence-corrected chi connectivity index (χ1v) is 6.56. The lowest BCUT2D eigenvalue weighted by molar-refractivity contribution is -0.131. The van der Waals surface area contributed by atoms with Crippen LogP contribution in [0.3, 0.4) is 0 Å². The van der Waals surface area contributed by atoms with Gasteiger partial charge in [0.15, 0.2) is 0 Å². The van der Waals surface area contributed by atoms with Gasteiger partial charge in [0.25, 0.3) is 0 Å². The Kier molecular flexibility index (Phi) is 3.98. The summed E-state index contributed by atoms with van der Waals surface area (Å²) in [6.45, 7) is 0.850. The van der Waals surface area contributed by atoms with Gasteiger partial charge in [0.2, 0.25) is 11.8 Å². The molecule has 5 heteroatoms. The lowest BCUT2D eigenvalue weighted by Gasteiger charge is -2.14. The maximum Gasteiger partial charge on any atom is 0.243 e. The quantitative estimate of drug-likeness (QED) is 0.851. The van der Waals surface area contributed by atoms with E-state index in [-0.39, 0.29) is 18.4 Å². The SMILES string of the molecule is O=C(CN1CCCC1=O)Nc1cccc(I)c1. The molecule has 0 bridgehead atoms. The first kappa shape index (κ1) is 12.3. The predicted molar refractivity (Wildman–Crippen MR) is 73.6 cm³/mol. The van der Waals surface area contributed by atoms with Crippen molar-refractivity contribution < 1.29 is 9.59 Å². The molecule has 0 unspecified atom stereocenters. The first-order valence-electron chi connectivity index (χ1n) is 5.48. The maximum absolute atomic E-state index is 11.7. The molecule has 1 heterocycles. The Morgan fingerprint density at radius 3 is 2.94 bits per heavy atom. The summed E-state index contributed by atoms with van der Waals surface area (Å²) in [5.41, 5.74) is 0.772. The van der Waals surface area contributed by atoms with E-state index in [2.05, 4.69) is 27.9 Å². The second-order valence-corrected chi connectivity index (χ2v) is 5.22. The van der Waals surface area contributed by atoms with E-state index in [1.54, 1.807) is 4.90 Å². The van der Waals surface area contributed by atoms with Gasteiger partial charge in [0.05, 0.1) is 6.54 Å².